The minimum absolute atomic E-state index is 0.0105. The first-order valence-electron chi connectivity index (χ1n) is 5.72. The second-order valence-electron chi connectivity index (χ2n) is 3.89. The molecule has 0 amide bonds. The fourth-order valence-electron chi connectivity index (χ4n) is 1.51. The molecule has 1 aromatic heterocycles. The molecule has 6 nitrogen and oxygen atoms in total. The van der Waals surface area contributed by atoms with Crippen LogP contribution in [0.15, 0.2) is 16.3 Å². The molecule has 0 aliphatic rings. The summed E-state index contributed by atoms with van der Waals surface area (Å²) in [4.78, 5) is 11.6. The molecule has 0 aliphatic heterocycles. The number of esters is 1. The molecule has 0 radical (unpaired) electrons. The third kappa shape index (κ3) is 3.75. The molecule has 108 valence electrons. The first-order chi connectivity index (χ1) is 8.95. The maximum absolute atomic E-state index is 12.3. The van der Waals surface area contributed by atoms with Crippen LogP contribution in [0.2, 0.25) is 0 Å². The van der Waals surface area contributed by atoms with Crippen molar-refractivity contribution in [2.75, 3.05) is 34.3 Å². The highest BCUT2D eigenvalue weighted by atomic mass is 32.2. The highest BCUT2D eigenvalue weighted by Crippen LogP contribution is 2.25. The van der Waals surface area contributed by atoms with E-state index in [0.29, 0.717) is 13.0 Å². The van der Waals surface area contributed by atoms with Crippen LogP contribution in [0, 0.1) is 0 Å². The highest BCUT2D eigenvalue weighted by Gasteiger charge is 2.27. The van der Waals surface area contributed by atoms with Crippen molar-refractivity contribution in [1.29, 1.82) is 0 Å². The van der Waals surface area contributed by atoms with Gasteiger partial charge in [0.15, 0.2) is 0 Å². The van der Waals surface area contributed by atoms with Crippen LogP contribution in [0.4, 0.5) is 0 Å². The van der Waals surface area contributed by atoms with Crippen molar-refractivity contribution in [3.05, 3.63) is 16.3 Å². The van der Waals surface area contributed by atoms with Gasteiger partial charge < -0.3 is 10.1 Å². The van der Waals surface area contributed by atoms with Crippen molar-refractivity contribution in [2.24, 2.45) is 0 Å². The minimum atomic E-state index is -3.65. The monoisotopic (exact) mass is 306 g/mol. The van der Waals surface area contributed by atoms with Gasteiger partial charge in [-0.05, 0) is 31.5 Å². The van der Waals surface area contributed by atoms with Gasteiger partial charge in [-0.3, -0.25) is 0 Å². The van der Waals surface area contributed by atoms with Crippen LogP contribution in [-0.2, 0) is 14.8 Å². The third-order valence-electron chi connectivity index (χ3n) is 2.59. The lowest BCUT2D eigenvalue weighted by atomic mass is 10.4. The number of thiophene rings is 1. The third-order valence-corrected chi connectivity index (χ3v) is 5.51. The van der Waals surface area contributed by atoms with Crippen molar-refractivity contribution < 1.29 is 17.9 Å². The Bertz CT molecular complexity index is 525. The number of nitrogens with zero attached hydrogens (tertiary/aromatic N) is 1. The van der Waals surface area contributed by atoms with E-state index < -0.39 is 16.0 Å². The summed E-state index contributed by atoms with van der Waals surface area (Å²) in [5.74, 6) is -0.628. The SMILES string of the molecule is CNCCCN(C)S(=O)(=O)c1ccsc1C(=O)OC. The standard InChI is InChI=1S/C11H18N2O4S2/c1-12-6-4-7-13(2)19(15,16)9-5-8-18-10(9)11(14)17-3/h5,8,12H,4,6-7H2,1-3H3. The number of carbonyl (C=O) groups is 1. The van der Waals surface area contributed by atoms with Gasteiger partial charge in [0.2, 0.25) is 10.0 Å². The van der Waals surface area contributed by atoms with E-state index in [1.54, 1.807) is 5.38 Å². The fourth-order valence-corrected chi connectivity index (χ4v) is 4.02. The summed E-state index contributed by atoms with van der Waals surface area (Å²) in [5.41, 5.74) is 0. The number of sulfonamides is 1. The lowest BCUT2D eigenvalue weighted by molar-refractivity contribution is 0.0602. The summed E-state index contributed by atoms with van der Waals surface area (Å²) in [6.07, 6.45) is 0.698. The smallest absolute Gasteiger partial charge is 0.349 e. The molecule has 0 aromatic carbocycles. The number of methoxy groups -OCH3 is 1. The summed E-state index contributed by atoms with van der Waals surface area (Å²) in [6.45, 7) is 1.12. The summed E-state index contributed by atoms with van der Waals surface area (Å²) in [5, 5.41) is 4.52. The van der Waals surface area contributed by atoms with E-state index in [0.717, 1.165) is 17.9 Å². The first kappa shape index (κ1) is 16.1. The molecule has 19 heavy (non-hydrogen) atoms. The molecule has 0 aliphatic carbocycles. The Balaban J connectivity index is 2.94. The largest absolute Gasteiger partial charge is 0.465 e. The molecule has 0 saturated carbocycles. The van der Waals surface area contributed by atoms with Crippen LogP contribution in [0.5, 0.6) is 0 Å². The molecule has 0 saturated heterocycles. The Morgan fingerprint density at radius 3 is 2.79 bits per heavy atom. The number of ether oxygens (including phenoxy) is 1. The number of hydrogen-bond donors (Lipinski definition) is 1. The molecule has 0 unspecified atom stereocenters. The molecule has 1 aromatic rings. The van der Waals surface area contributed by atoms with Gasteiger partial charge in [-0.25, -0.2) is 17.5 Å². The van der Waals surface area contributed by atoms with Crippen LogP contribution in [0.25, 0.3) is 0 Å². The van der Waals surface area contributed by atoms with Crippen molar-refractivity contribution in [3.8, 4) is 0 Å². The molecular formula is C11H18N2O4S2. The molecule has 0 bridgehead atoms. The summed E-state index contributed by atoms with van der Waals surface area (Å²) in [6, 6.07) is 1.43. The summed E-state index contributed by atoms with van der Waals surface area (Å²) < 4.78 is 30.5. The van der Waals surface area contributed by atoms with Crippen molar-refractivity contribution >= 4 is 27.3 Å². The molecule has 1 rings (SSSR count). The van der Waals surface area contributed by atoms with E-state index in [-0.39, 0.29) is 9.77 Å². The fraction of sp³-hybridized carbons (Fsp3) is 0.545. The normalized spacial score (nSPS) is 11.8. The number of hydrogen-bond acceptors (Lipinski definition) is 6. The Kier molecular flexibility index (Phi) is 5.92. The molecule has 1 heterocycles. The second kappa shape index (κ2) is 6.99. The Morgan fingerprint density at radius 2 is 2.21 bits per heavy atom. The number of nitrogens with one attached hydrogen (secondary N) is 1. The molecule has 8 heteroatoms. The zero-order valence-corrected chi connectivity index (χ0v) is 12.8. The van der Waals surface area contributed by atoms with Gasteiger partial charge in [0.05, 0.1) is 7.11 Å². The quantitative estimate of drug-likeness (QED) is 0.595. The van der Waals surface area contributed by atoms with E-state index >= 15 is 0 Å². The van der Waals surface area contributed by atoms with Gasteiger partial charge in [-0.2, -0.15) is 0 Å². The molecule has 0 atom stereocenters. The zero-order chi connectivity index (χ0) is 14.5. The number of carbonyl (C=O) groups excluding carboxylic acids is 1. The lowest BCUT2D eigenvalue weighted by Crippen LogP contribution is -2.30. The van der Waals surface area contributed by atoms with Crippen LogP contribution in [-0.4, -0.2) is 53.0 Å². The van der Waals surface area contributed by atoms with Crippen molar-refractivity contribution in [1.82, 2.24) is 9.62 Å². The highest BCUT2D eigenvalue weighted by molar-refractivity contribution is 7.89. The zero-order valence-electron chi connectivity index (χ0n) is 11.2. The van der Waals surface area contributed by atoms with E-state index in [4.69, 9.17) is 0 Å². The molecule has 0 spiro atoms. The van der Waals surface area contributed by atoms with Crippen molar-refractivity contribution in [3.63, 3.8) is 0 Å². The minimum Gasteiger partial charge on any atom is -0.465 e. The average Bonchev–Trinajstić information content (AvgIpc) is 2.87. The van der Waals surface area contributed by atoms with E-state index in [9.17, 15) is 13.2 Å². The predicted molar refractivity (Wildman–Crippen MR) is 74.0 cm³/mol. The Labute approximate surface area is 117 Å². The maximum atomic E-state index is 12.3. The Morgan fingerprint density at radius 1 is 1.53 bits per heavy atom. The lowest BCUT2D eigenvalue weighted by Gasteiger charge is -2.16. The topological polar surface area (TPSA) is 75.7 Å². The van der Waals surface area contributed by atoms with Crippen LogP contribution in [0.1, 0.15) is 16.1 Å². The van der Waals surface area contributed by atoms with Crippen LogP contribution >= 0.6 is 11.3 Å². The van der Waals surface area contributed by atoms with E-state index in [1.165, 1.54) is 24.5 Å². The first-order valence-corrected chi connectivity index (χ1v) is 8.04. The average molecular weight is 306 g/mol. The van der Waals surface area contributed by atoms with Gasteiger partial charge >= 0.3 is 5.97 Å². The summed E-state index contributed by atoms with van der Waals surface area (Å²) >= 11 is 1.06. The van der Waals surface area contributed by atoms with Gasteiger partial charge in [0.25, 0.3) is 0 Å². The number of rotatable bonds is 7. The predicted octanol–water partition coefficient (Wildman–Crippen LogP) is 0.765. The van der Waals surface area contributed by atoms with Crippen LogP contribution in [0.3, 0.4) is 0 Å². The van der Waals surface area contributed by atoms with Crippen LogP contribution < -0.4 is 5.32 Å². The van der Waals surface area contributed by atoms with Crippen molar-refractivity contribution in [2.45, 2.75) is 11.3 Å². The van der Waals surface area contributed by atoms with Gasteiger partial charge in [0, 0.05) is 13.6 Å². The molecular weight excluding hydrogens is 288 g/mol. The Hall–Kier alpha value is -0.960. The van der Waals surface area contributed by atoms with Gasteiger partial charge in [-0.15, -0.1) is 11.3 Å². The van der Waals surface area contributed by atoms with E-state index in [1.807, 2.05) is 7.05 Å². The molecule has 1 N–H and O–H groups in total. The van der Waals surface area contributed by atoms with Gasteiger partial charge in [-0.1, -0.05) is 0 Å². The van der Waals surface area contributed by atoms with E-state index in [2.05, 4.69) is 10.1 Å². The maximum Gasteiger partial charge on any atom is 0.349 e. The van der Waals surface area contributed by atoms with Gasteiger partial charge in [0.1, 0.15) is 9.77 Å². The molecule has 0 fully saturated rings. The summed E-state index contributed by atoms with van der Waals surface area (Å²) in [7, 11) is 0.896. The second-order valence-corrected chi connectivity index (χ2v) is 6.82.